The predicted octanol–water partition coefficient (Wildman–Crippen LogP) is 4.86. The maximum Gasteiger partial charge on any atom is 0.242 e. The van der Waals surface area contributed by atoms with Crippen molar-refractivity contribution >= 4 is 29.1 Å². The van der Waals surface area contributed by atoms with Crippen LogP contribution in [0.4, 0.5) is 4.39 Å². The zero-order valence-corrected chi connectivity index (χ0v) is 17.4. The van der Waals surface area contributed by atoms with Crippen LogP contribution in [0.1, 0.15) is 37.3 Å². The topological polar surface area (TPSA) is 54.3 Å². The van der Waals surface area contributed by atoms with Crippen molar-refractivity contribution in [3.8, 4) is 5.75 Å². The summed E-state index contributed by atoms with van der Waals surface area (Å²) in [6, 6.07) is 13.7. The third kappa shape index (κ3) is 5.44. The molecule has 2 aromatic rings. The van der Waals surface area contributed by atoms with Gasteiger partial charge in [0.2, 0.25) is 5.91 Å². The number of para-hydroxylation sites is 1. The Labute approximate surface area is 174 Å². The molecule has 1 heterocycles. The largest absolute Gasteiger partial charge is 0.496 e. The van der Waals surface area contributed by atoms with E-state index in [9.17, 15) is 9.18 Å². The second-order valence-electron chi connectivity index (χ2n) is 6.67. The van der Waals surface area contributed by atoms with Gasteiger partial charge < -0.3 is 4.74 Å². The summed E-state index contributed by atoms with van der Waals surface area (Å²) in [5.74, 6) is 0.432. The van der Waals surface area contributed by atoms with Gasteiger partial charge in [-0.3, -0.25) is 9.69 Å². The Hall–Kier alpha value is -2.67. The molecule has 1 saturated heterocycles. The van der Waals surface area contributed by atoms with Crippen LogP contribution in [0.2, 0.25) is 0 Å². The fraction of sp³-hybridized carbons (Fsp3) is 0.318. The average Bonchev–Trinajstić information content (AvgIpc) is 3.03. The van der Waals surface area contributed by atoms with Crippen LogP contribution in [0.3, 0.4) is 0 Å². The summed E-state index contributed by atoms with van der Waals surface area (Å²) in [6.07, 6.45) is 4.42. The number of amidine groups is 1. The summed E-state index contributed by atoms with van der Waals surface area (Å²) >= 11 is 1.44. The number of hydrogen-bond donors (Lipinski definition) is 0. The molecule has 2 aromatic carbocycles. The van der Waals surface area contributed by atoms with Gasteiger partial charge in [-0.2, -0.15) is 5.10 Å². The summed E-state index contributed by atoms with van der Waals surface area (Å²) in [7, 11) is 1.60. The van der Waals surface area contributed by atoms with Crippen molar-refractivity contribution in [1.29, 1.82) is 0 Å². The van der Waals surface area contributed by atoms with Crippen molar-refractivity contribution in [2.75, 3.05) is 7.11 Å². The van der Waals surface area contributed by atoms with E-state index < -0.39 is 0 Å². The SMILES string of the molecule is CCCC[C@H]1S/C(=N/N=C\c2ccccc2OC)N(Cc2ccc(F)cc2)C1=O. The Morgan fingerprint density at radius 1 is 1.21 bits per heavy atom. The van der Waals surface area contributed by atoms with Crippen molar-refractivity contribution in [1.82, 2.24) is 4.90 Å². The highest BCUT2D eigenvalue weighted by molar-refractivity contribution is 8.15. The smallest absolute Gasteiger partial charge is 0.242 e. The van der Waals surface area contributed by atoms with Crippen molar-refractivity contribution < 1.29 is 13.9 Å². The molecule has 0 aromatic heterocycles. The van der Waals surface area contributed by atoms with Crippen LogP contribution >= 0.6 is 11.8 Å². The molecule has 7 heteroatoms. The highest BCUT2D eigenvalue weighted by Crippen LogP contribution is 2.32. The van der Waals surface area contributed by atoms with Crippen LogP contribution in [0.5, 0.6) is 5.75 Å². The van der Waals surface area contributed by atoms with Crippen LogP contribution in [0, 0.1) is 5.82 Å². The molecule has 3 rings (SSSR count). The van der Waals surface area contributed by atoms with Crippen LogP contribution < -0.4 is 4.74 Å². The van der Waals surface area contributed by atoms with E-state index in [1.54, 1.807) is 30.4 Å². The number of hydrogen-bond acceptors (Lipinski definition) is 5. The number of thioether (sulfide) groups is 1. The molecule has 152 valence electrons. The first-order valence-corrected chi connectivity index (χ1v) is 10.5. The average molecular weight is 414 g/mol. The fourth-order valence-electron chi connectivity index (χ4n) is 2.99. The zero-order chi connectivity index (χ0) is 20.6. The lowest BCUT2D eigenvalue weighted by atomic mass is 10.1. The molecule has 0 spiro atoms. The summed E-state index contributed by atoms with van der Waals surface area (Å²) < 4.78 is 18.5. The lowest BCUT2D eigenvalue weighted by molar-refractivity contribution is -0.126. The molecule has 0 N–H and O–H groups in total. The zero-order valence-electron chi connectivity index (χ0n) is 16.5. The fourth-order valence-corrected chi connectivity index (χ4v) is 4.13. The highest BCUT2D eigenvalue weighted by atomic mass is 32.2. The van der Waals surface area contributed by atoms with Crippen molar-refractivity contribution in [2.24, 2.45) is 10.2 Å². The van der Waals surface area contributed by atoms with E-state index in [0.29, 0.717) is 17.5 Å². The third-order valence-electron chi connectivity index (χ3n) is 4.57. The van der Waals surface area contributed by atoms with E-state index in [-0.39, 0.29) is 17.0 Å². The Bertz CT molecular complexity index is 899. The lowest BCUT2D eigenvalue weighted by Gasteiger charge is -2.16. The van der Waals surface area contributed by atoms with E-state index in [1.165, 1.54) is 23.9 Å². The second kappa shape index (κ2) is 10.2. The number of carbonyl (C=O) groups is 1. The number of carbonyl (C=O) groups excluding carboxylic acids is 1. The van der Waals surface area contributed by atoms with Gasteiger partial charge in [-0.15, -0.1) is 5.10 Å². The molecule has 29 heavy (non-hydrogen) atoms. The van der Waals surface area contributed by atoms with E-state index in [2.05, 4.69) is 17.1 Å². The molecule has 1 amide bonds. The quantitative estimate of drug-likeness (QED) is 0.459. The molecule has 1 aliphatic rings. The molecule has 0 unspecified atom stereocenters. The minimum absolute atomic E-state index is 0.0269. The van der Waals surface area contributed by atoms with Gasteiger partial charge in [-0.05, 0) is 36.2 Å². The summed E-state index contributed by atoms with van der Waals surface area (Å²) in [4.78, 5) is 14.5. The van der Waals surface area contributed by atoms with Crippen molar-refractivity contribution in [3.05, 3.63) is 65.5 Å². The minimum atomic E-state index is -0.299. The Kier molecular flexibility index (Phi) is 7.41. The Morgan fingerprint density at radius 2 is 1.97 bits per heavy atom. The molecular formula is C22H24FN3O2S. The van der Waals surface area contributed by atoms with Crippen LogP contribution in [-0.4, -0.2) is 34.5 Å². The maximum absolute atomic E-state index is 13.2. The highest BCUT2D eigenvalue weighted by Gasteiger charge is 2.37. The summed E-state index contributed by atoms with van der Waals surface area (Å²) in [5.41, 5.74) is 1.65. The molecule has 5 nitrogen and oxygen atoms in total. The number of nitrogens with zero attached hydrogens (tertiary/aromatic N) is 3. The predicted molar refractivity (Wildman–Crippen MR) is 116 cm³/mol. The summed E-state index contributed by atoms with van der Waals surface area (Å²) in [6.45, 7) is 2.45. The monoisotopic (exact) mass is 413 g/mol. The van der Waals surface area contributed by atoms with Crippen molar-refractivity contribution in [2.45, 2.75) is 38.0 Å². The molecule has 0 radical (unpaired) electrons. The van der Waals surface area contributed by atoms with Gasteiger partial charge >= 0.3 is 0 Å². The molecule has 1 fully saturated rings. The standard InChI is InChI=1S/C22H24FN3O2S/c1-3-4-9-20-21(27)26(15-16-10-12-18(23)13-11-16)22(29-20)25-24-14-17-7-5-6-8-19(17)28-2/h5-8,10-14,20H,3-4,9,15H2,1-2H3/b24-14-,25-22+/t20-/m1/s1. The number of rotatable bonds is 8. The first kappa shape index (κ1) is 21.0. The van der Waals surface area contributed by atoms with Crippen molar-refractivity contribution in [3.63, 3.8) is 0 Å². The minimum Gasteiger partial charge on any atom is -0.496 e. The second-order valence-corrected chi connectivity index (χ2v) is 7.84. The van der Waals surface area contributed by atoms with E-state index >= 15 is 0 Å². The number of ether oxygens (including phenoxy) is 1. The van der Waals surface area contributed by atoms with Gasteiger partial charge in [0, 0.05) is 5.56 Å². The number of amides is 1. The van der Waals surface area contributed by atoms with E-state index in [1.807, 2.05) is 24.3 Å². The number of methoxy groups -OCH3 is 1. The number of benzene rings is 2. The third-order valence-corrected chi connectivity index (χ3v) is 5.81. The molecule has 0 saturated carbocycles. The van der Waals surface area contributed by atoms with E-state index in [0.717, 1.165) is 30.4 Å². The van der Waals surface area contributed by atoms with Crippen LogP contribution in [-0.2, 0) is 11.3 Å². The Balaban J connectivity index is 1.81. The summed E-state index contributed by atoms with van der Waals surface area (Å²) in [5, 5.41) is 8.92. The molecule has 0 bridgehead atoms. The van der Waals surface area contributed by atoms with Crippen LogP contribution in [0.25, 0.3) is 0 Å². The first-order chi connectivity index (χ1) is 14.1. The first-order valence-electron chi connectivity index (χ1n) is 9.59. The lowest BCUT2D eigenvalue weighted by Crippen LogP contribution is -2.31. The number of unbranched alkanes of at least 4 members (excludes halogenated alkanes) is 1. The van der Waals surface area contributed by atoms with E-state index in [4.69, 9.17) is 4.74 Å². The molecule has 0 aliphatic carbocycles. The van der Waals surface area contributed by atoms with Gasteiger partial charge in [-0.1, -0.05) is 55.8 Å². The molecule has 1 atom stereocenters. The number of halogens is 1. The normalized spacial score (nSPS) is 18.2. The molecular weight excluding hydrogens is 389 g/mol. The molecule has 1 aliphatic heterocycles. The van der Waals surface area contributed by atoms with Crippen LogP contribution in [0.15, 0.2) is 58.7 Å². The maximum atomic E-state index is 13.2. The van der Waals surface area contributed by atoms with Gasteiger partial charge in [-0.25, -0.2) is 4.39 Å². The van der Waals surface area contributed by atoms with Gasteiger partial charge in [0.05, 0.1) is 25.1 Å². The van der Waals surface area contributed by atoms with Gasteiger partial charge in [0.25, 0.3) is 0 Å². The van der Waals surface area contributed by atoms with Gasteiger partial charge in [0.15, 0.2) is 5.17 Å². The van der Waals surface area contributed by atoms with Gasteiger partial charge in [0.1, 0.15) is 11.6 Å². The Morgan fingerprint density at radius 3 is 2.69 bits per heavy atom.